The van der Waals surface area contributed by atoms with Crippen LogP contribution in [0.25, 0.3) is 0 Å². The normalized spacial score (nSPS) is 11.8. The number of halogens is 1. The Morgan fingerprint density at radius 3 is 2.36 bits per heavy atom. The second-order valence-corrected chi connectivity index (χ2v) is 5.00. The van der Waals surface area contributed by atoms with Gasteiger partial charge < -0.3 is 10.0 Å². The lowest BCUT2D eigenvalue weighted by Crippen LogP contribution is -2.29. The van der Waals surface area contributed by atoms with Gasteiger partial charge in [-0.2, -0.15) is 0 Å². The van der Waals surface area contributed by atoms with Gasteiger partial charge in [0.25, 0.3) is 5.91 Å². The first kappa shape index (κ1) is 15.7. The summed E-state index contributed by atoms with van der Waals surface area (Å²) in [6, 6.07) is 12.6. The van der Waals surface area contributed by atoms with Gasteiger partial charge in [-0.3, -0.25) is 4.79 Å². The monoisotopic (exact) mass is 301 g/mol. The van der Waals surface area contributed by atoms with Crippen LogP contribution >= 0.6 is 0 Å². The third-order valence-electron chi connectivity index (χ3n) is 3.63. The molecule has 4 nitrogen and oxygen atoms in total. The van der Waals surface area contributed by atoms with E-state index in [4.69, 9.17) is 5.11 Å². The molecule has 0 aliphatic carbocycles. The number of hydrogen-bond acceptors (Lipinski definition) is 2. The molecule has 1 N–H and O–H groups in total. The van der Waals surface area contributed by atoms with Crippen LogP contribution < -0.4 is 0 Å². The predicted molar refractivity (Wildman–Crippen MR) is 80.3 cm³/mol. The van der Waals surface area contributed by atoms with Gasteiger partial charge in [-0.1, -0.05) is 30.3 Å². The van der Waals surface area contributed by atoms with Crippen LogP contribution in [0.5, 0.6) is 0 Å². The summed E-state index contributed by atoms with van der Waals surface area (Å²) in [6.07, 6.45) is 0. The summed E-state index contributed by atoms with van der Waals surface area (Å²) in [5.41, 5.74) is 0.592. The number of nitrogens with zero attached hydrogens (tertiary/aromatic N) is 1. The van der Waals surface area contributed by atoms with Crippen molar-refractivity contribution in [2.75, 3.05) is 7.05 Å². The van der Waals surface area contributed by atoms with Crippen molar-refractivity contribution >= 4 is 11.9 Å². The van der Waals surface area contributed by atoms with Crippen molar-refractivity contribution in [1.29, 1.82) is 0 Å². The Hall–Kier alpha value is -2.69. The summed E-state index contributed by atoms with van der Waals surface area (Å²) < 4.78 is 13.4. The second kappa shape index (κ2) is 6.39. The molecular weight excluding hydrogens is 285 g/mol. The van der Waals surface area contributed by atoms with Gasteiger partial charge in [0, 0.05) is 12.6 Å². The highest BCUT2D eigenvalue weighted by atomic mass is 19.1. The number of carboxylic acid groups (broad SMARTS) is 1. The Balaban J connectivity index is 2.28. The minimum absolute atomic E-state index is 0.143. The molecule has 22 heavy (non-hydrogen) atoms. The Labute approximate surface area is 127 Å². The standard InChI is InChI=1S/C17H16FNO3/c1-11(12-6-4-3-5-7-12)19(2)16(20)13-8-9-15(18)14(10-13)17(21)22/h3-11H,1-2H3,(H,21,22)/t11-/m1/s1. The van der Waals surface area contributed by atoms with Gasteiger partial charge >= 0.3 is 5.97 Å². The van der Waals surface area contributed by atoms with Gasteiger partial charge in [0.1, 0.15) is 5.82 Å². The molecule has 1 amide bonds. The molecule has 0 saturated carbocycles. The number of amides is 1. The summed E-state index contributed by atoms with van der Waals surface area (Å²) >= 11 is 0. The molecule has 0 aromatic heterocycles. The number of carbonyl (C=O) groups is 2. The first-order valence-electron chi connectivity index (χ1n) is 6.76. The number of aromatic carboxylic acids is 1. The molecule has 0 heterocycles. The van der Waals surface area contributed by atoms with Crippen molar-refractivity contribution in [3.05, 3.63) is 71.0 Å². The fourth-order valence-corrected chi connectivity index (χ4v) is 2.16. The molecule has 0 radical (unpaired) electrons. The highest BCUT2D eigenvalue weighted by Gasteiger charge is 2.21. The lowest BCUT2D eigenvalue weighted by atomic mass is 10.1. The van der Waals surface area contributed by atoms with Crippen LogP contribution in [0.4, 0.5) is 4.39 Å². The number of benzene rings is 2. The molecule has 2 aromatic carbocycles. The van der Waals surface area contributed by atoms with Gasteiger partial charge in [-0.25, -0.2) is 9.18 Å². The molecule has 2 aromatic rings. The number of carboxylic acids is 1. The third kappa shape index (κ3) is 3.14. The van der Waals surface area contributed by atoms with E-state index in [-0.39, 0.29) is 17.5 Å². The van der Waals surface area contributed by atoms with Crippen LogP contribution in [0.1, 0.15) is 39.2 Å². The number of rotatable bonds is 4. The molecule has 0 aliphatic heterocycles. The summed E-state index contributed by atoms with van der Waals surface area (Å²) in [6.45, 7) is 1.87. The van der Waals surface area contributed by atoms with Crippen molar-refractivity contribution in [3.8, 4) is 0 Å². The average Bonchev–Trinajstić information content (AvgIpc) is 2.53. The maximum atomic E-state index is 13.4. The molecule has 0 aliphatic rings. The second-order valence-electron chi connectivity index (χ2n) is 5.00. The molecule has 5 heteroatoms. The third-order valence-corrected chi connectivity index (χ3v) is 3.63. The SMILES string of the molecule is C[C@H](c1ccccc1)N(C)C(=O)c1ccc(F)c(C(=O)O)c1. The fourth-order valence-electron chi connectivity index (χ4n) is 2.16. The lowest BCUT2D eigenvalue weighted by molar-refractivity contribution is 0.0692. The predicted octanol–water partition coefficient (Wildman–Crippen LogP) is 3.36. The minimum atomic E-state index is -1.40. The smallest absolute Gasteiger partial charge is 0.338 e. The zero-order chi connectivity index (χ0) is 16.3. The Morgan fingerprint density at radius 1 is 1.14 bits per heavy atom. The number of hydrogen-bond donors (Lipinski definition) is 1. The summed E-state index contributed by atoms with van der Waals surface area (Å²) in [7, 11) is 1.63. The molecule has 0 saturated heterocycles. The lowest BCUT2D eigenvalue weighted by Gasteiger charge is -2.25. The van der Waals surface area contributed by atoms with Crippen LogP contribution in [0.3, 0.4) is 0 Å². The highest BCUT2D eigenvalue weighted by Crippen LogP contribution is 2.21. The largest absolute Gasteiger partial charge is 0.478 e. The number of carbonyl (C=O) groups excluding carboxylic acids is 1. The molecule has 0 bridgehead atoms. The maximum Gasteiger partial charge on any atom is 0.338 e. The van der Waals surface area contributed by atoms with E-state index in [0.717, 1.165) is 17.7 Å². The van der Waals surface area contributed by atoms with Crippen molar-refractivity contribution in [1.82, 2.24) is 4.90 Å². The Morgan fingerprint density at radius 2 is 1.77 bits per heavy atom. The highest BCUT2D eigenvalue weighted by molar-refractivity contribution is 5.97. The van der Waals surface area contributed by atoms with Gasteiger partial charge in [-0.05, 0) is 30.7 Å². The first-order chi connectivity index (χ1) is 10.4. The molecule has 0 unspecified atom stereocenters. The first-order valence-corrected chi connectivity index (χ1v) is 6.76. The summed E-state index contributed by atoms with van der Waals surface area (Å²) in [5, 5.41) is 8.93. The van der Waals surface area contributed by atoms with E-state index in [2.05, 4.69) is 0 Å². The topological polar surface area (TPSA) is 57.6 Å². The van der Waals surface area contributed by atoms with Crippen LogP contribution in [0, 0.1) is 5.82 Å². The van der Waals surface area contributed by atoms with E-state index in [9.17, 15) is 14.0 Å². The molecule has 0 fully saturated rings. The van der Waals surface area contributed by atoms with Gasteiger partial charge in [0.2, 0.25) is 0 Å². The molecule has 114 valence electrons. The zero-order valence-corrected chi connectivity index (χ0v) is 12.3. The molecular formula is C17H16FNO3. The van der Waals surface area contributed by atoms with Crippen molar-refractivity contribution in [3.63, 3.8) is 0 Å². The van der Waals surface area contributed by atoms with E-state index in [0.29, 0.717) is 0 Å². The zero-order valence-electron chi connectivity index (χ0n) is 12.3. The Bertz CT molecular complexity index is 700. The molecule has 0 spiro atoms. The van der Waals surface area contributed by atoms with Gasteiger partial charge in [-0.15, -0.1) is 0 Å². The molecule has 1 atom stereocenters. The molecule has 2 rings (SSSR count). The average molecular weight is 301 g/mol. The van der Waals surface area contributed by atoms with Crippen LogP contribution in [0.2, 0.25) is 0 Å². The summed E-state index contributed by atoms with van der Waals surface area (Å²) in [5.74, 6) is -2.62. The van der Waals surface area contributed by atoms with E-state index >= 15 is 0 Å². The summed E-state index contributed by atoms with van der Waals surface area (Å²) in [4.78, 5) is 24.9. The Kier molecular flexibility index (Phi) is 4.56. The van der Waals surface area contributed by atoms with Crippen molar-refractivity contribution in [2.45, 2.75) is 13.0 Å². The van der Waals surface area contributed by atoms with Gasteiger partial charge in [0.05, 0.1) is 11.6 Å². The van der Waals surface area contributed by atoms with E-state index < -0.39 is 17.3 Å². The van der Waals surface area contributed by atoms with Crippen molar-refractivity contribution in [2.24, 2.45) is 0 Å². The van der Waals surface area contributed by atoms with Crippen LogP contribution in [-0.4, -0.2) is 28.9 Å². The quantitative estimate of drug-likeness (QED) is 0.942. The van der Waals surface area contributed by atoms with E-state index in [1.165, 1.54) is 11.0 Å². The minimum Gasteiger partial charge on any atom is -0.478 e. The van der Waals surface area contributed by atoms with Crippen LogP contribution in [0.15, 0.2) is 48.5 Å². The van der Waals surface area contributed by atoms with E-state index in [1.54, 1.807) is 7.05 Å². The fraction of sp³-hybridized carbons (Fsp3) is 0.176. The van der Waals surface area contributed by atoms with Crippen LogP contribution in [-0.2, 0) is 0 Å². The van der Waals surface area contributed by atoms with Gasteiger partial charge in [0.15, 0.2) is 0 Å². The maximum absolute atomic E-state index is 13.4. The van der Waals surface area contributed by atoms with E-state index in [1.807, 2.05) is 37.3 Å². The van der Waals surface area contributed by atoms with Crippen molar-refractivity contribution < 1.29 is 19.1 Å².